The summed E-state index contributed by atoms with van der Waals surface area (Å²) in [5, 5.41) is 7.37. The number of aryl methyl sites for hydroxylation is 1. The average Bonchev–Trinajstić information content (AvgIpc) is 3.21. The van der Waals surface area contributed by atoms with Crippen LogP contribution < -0.4 is 10.9 Å². The van der Waals surface area contributed by atoms with E-state index in [1.807, 2.05) is 36.4 Å². The highest BCUT2D eigenvalue weighted by Crippen LogP contribution is 2.14. The highest BCUT2D eigenvalue weighted by atomic mass is 32.1. The molecular weight excluding hydrogens is 428 g/mol. The Morgan fingerprint density at radius 1 is 1.09 bits per heavy atom. The summed E-state index contributed by atoms with van der Waals surface area (Å²) >= 11 is 1.17. The third kappa shape index (κ3) is 5.06. The third-order valence-electron chi connectivity index (χ3n) is 4.66. The van der Waals surface area contributed by atoms with Gasteiger partial charge in [0.2, 0.25) is 4.96 Å². The summed E-state index contributed by atoms with van der Waals surface area (Å²) in [6.07, 6.45) is 0.276. The van der Waals surface area contributed by atoms with Crippen LogP contribution in [0.5, 0.6) is 0 Å². The molecule has 0 bridgehead atoms. The van der Waals surface area contributed by atoms with Gasteiger partial charge in [0.1, 0.15) is 12.6 Å². The van der Waals surface area contributed by atoms with Gasteiger partial charge in [-0.3, -0.25) is 9.59 Å². The number of amides is 1. The first-order valence-electron chi connectivity index (χ1n) is 9.92. The normalized spacial score (nSPS) is 11.8. The lowest BCUT2D eigenvalue weighted by Crippen LogP contribution is -2.43. The van der Waals surface area contributed by atoms with Crippen molar-refractivity contribution in [1.82, 2.24) is 19.9 Å². The minimum absolute atomic E-state index is 0.127. The van der Waals surface area contributed by atoms with Crippen LogP contribution in [0.15, 0.2) is 71.5 Å². The largest absolute Gasteiger partial charge is 0.457 e. The zero-order valence-electron chi connectivity index (χ0n) is 17.2. The molecule has 1 amide bonds. The first-order chi connectivity index (χ1) is 15.5. The monoisotopic (exact) mass is 448 g/mol. The van der Waals surface area contributed by atoms with Crippen LogP contribution in [0.3, 0.4) is 0 Å². The van der Waals surface area contributed by atoms with Crippen molar-refractivity contribution in [3.8, 4) is 0 Å². The standard InChI is InChI=1S/C23H20N4O4S/c1-15-12-20(28)27-23(24-15)32-19(26-27)14-31-22(30)18(13-16-8-4-2-5-9-16)25-21(29)17-10-6-3-7-11-17/h2-12,18H,13-14H2,1H3,(H,25,29)/t18-/m0/s1. The van der Waals surface area contributed by atoms with E-state index in [0.717, 1.165) is 5.56 Å². The molecule has 0 aliphatic heterocycles. The van der Waals surface area contributed by atoms with Crippen molar-refractivity contribution in [2.75, 3.05) is 0 Å². The number of carbonyl (C=O) groups excluding carboxylic acids is 2. The van der Waals surface area contributed by atoms with E-state index in [0.29, 0.717) is 21.2 Å². The van der Waals surface area contributed by atoms with Gasteiger partial charge in [0.15, 0.2) is 5.01 Å². The molecule has 2 aromatic heterocycles. The smallest absolute Gasteiger partial charge is 0.329 e. The number of hydrogen-bond acceptors (Lipinski definition) is 7. The fourth-order valence-corrected chi connectivity index (χ4v) is 3.98. The number of nitrogens with one attached hydrogen (secondary N) is 1. The molecule has 0 unspecified atom stereocenters. The number of nitrogens with zero attached hydrogens (tertiary/aromatic N) is 3. The minimum Gasteiger partial charge on any atom is -0.457 e. The Kier molecular flexibility index (Phi) is 6.37. The third-order valence-corrected chi connectivity index (χ3v) is 5.54. The summed E-state index contributed by atoms with van der Waals surface area (Å²) in [7, 11) is 0. The summed E-state index contributed by atoms with van der Waals surface area (Å²) in [5.74, 6) is -0.955. The summed E-state index contributed by atoms with van der Waals surface area (Å²) in [6, 6.07) is 18.5. The topological polar surface area (TPSA) is 103 Å². The summed E-state index contributed by atoms with van der Waals surface area (Å²) in [4.78, 5) is 42.2. The van der Waals surface area contributed by atoms with E-state index in [4.69, 9.17) is 4.74 Å². The average molecular weight is 449 g/mol. The van der Waals surface area contributed by atoms with Crippen molar-refractivity contribution in [2.45, 2.75) is 26.0 Å². The van der Waals surface area contributed by atoms with Gasteiger partial charge in [0.05, 0.1) is 0 Å². The van der Waals surface area contributed by atoms with E-state index < -0.39 is 12.0 Å². The van der Waals surface area contributed by atoms with E-state index in [9.17, 15) is 14.4 Å². The lowest BCUT2D eigenvalue weighted by Gasteiger charge is -2.17. The Balaban J connectivity index is 1.49. The molecule has 4 aromatic rings. The van der Waals surface area contributed by atoms with Crippen LogP contribution in [-0.2, 0) is 22.6 Å². The van der Waals surface area contributed by atoms with Crippen LogP contribution >= 0.6 is 11.3 Å². The van der Waals surface area contributed by atoms with Gasteiger partial charge in [-0.05, 0) is 24.6 Å². The molecule has 1 atom stereocenters. The second kappa shape index (κ2) is 9.52. The van der Waals surface area contributed by atoms with Crippen molar-refractivity contribution in [3.05, 3.63) is 98.9 Å². The number of benzene rings is 2. The molecule has 0 radical (unpaired) electrons. The lowest BCUT2D eigenvalue weighted by molar-refractivity contribution is -0.147. The molecule has 0 spiro atoms. The Hall–Kier alpha value is -3.85. The molecule has 0 saturated heterocycles. The summed E-state index contributed by atoms with van der Waals surface area (Å²) < 4.78 is 6.63. The van der Waals surface area contributed by atoms with Gasteiger partial charge in [-0.15, -0.1) is 0 Å². The molecule has 0 fully saturated rings. The molecule has 162 valence electrons. The van der Waals surface area contributed by atoms with Gasteiger partial charge >= 0.3 is 5.97 Å². The van der Waals surface area contributed by atoms with Gasteiger partial charge in [-0.1, -0.05) is 59.9 Å². The predicted molar refractivity (Wildman–Crippen MR) is 120 cm³/mol. The van der Waals surface area contributed by atoms with Crippen LogP contribution in [0.4, 0.5) is 0 Å². The van der Waals surface area contributed by atoms with E-state index in [1.165, 1.54) is 21.9 Å². The molecule has 2 aromatic carbocycles. The highest BCUT2D eigenvalue weighted by molar-refractivity contribution is 7.16. The Labute approximate surface area is 187 Å². The Bertz CT molecular complexity index is 1300. The van der Waals surface area contributed by atoms with Crippen molar-refractivity contribution < 1.29 is 14.3 Å². The van der Waals surface area contributed by atoms with Crippen LogP contribution in [0.1, 0.15) is 26.6 Å². The van der Waals surface area contributed by atoms with Crippen molar-refractivity contribution in [3.63, 3.8) is 0 Å². The van der Waals surface area contributed by atoms with E-state index >= 15 is 0 Å². The first-order valence-corrected chi connectivity index (χ1v) is 10.7. The number of ether oxygens (including phenoxy) is 1. The lowest BCUT2D eigenvalue weighted by atomic mass is 10.1. The van der Waals surface area contributed by atoms with Gasteiger partial charge in [0.25, 0.3) is 11.5 Å². The SMILES string of the molecule is Cc1cc(=O)n2nc(COC(=O)[C@H](Cc3ccccc3)NC(=O)c3ccccc3)sc2n1. The summed E-state index contributed by atoms with van der Waals surface area (Å²) in [5.41, 5.74) is 1.63. The molecular formula is C23H20N4O4S. The Morgan fingerprint density at radius 2 is 1.78 bits per heavy atom. The number of fused-ring (bicyclic) bond motifs is 1. The van der Waals surface area contributed by atoms with Crippen molar-refractivity contribution in [1.29, 1.82) is 0 Å². The second-order valence-corrected chi connectivity index (χ2v) is 8.16. The molecule has 4 rings (SSSR count). The van der Waals surface area contributed by atoms with Crippen molar-refractivity contribution in [2.24, 2.45) is 0 Å². The minimum atomic E-state index is -0.887. The maximum absolute atomic E-state index is 12.9. The van der Waals surface area contributed by atoms with Crippen molar-refractivity contribution >= 4 is 28.2 Å². The molecule has 0 aliphatic carbocycles. The van der Waals surface area contributed by atoms with Crippen LogP contribution in [0, 0.1) is 6.92 Å². The van der Waals surface area contributed by atoms with Gasteiger partial charge in [-0.2, -0.15) is 9.61 Å². The molecule has 0 saturated carbocycles. The number of rotatable bonds is 7. The van der Waals surface area contributed by atoms with E-state index in [-0.39, 0.29) is 24.5 Å². The fraction of sp³-hybridized carbons (Fsp3) is 0.174. The second-order valence-electron chi connectivity index (χ2n) is 7.12. The maximum Gasteiger partial charge on any atom is 0.329 e. The summed E-state index contributed by atoms with van der Waals surface area (Å²) in [6.45, 7) is 1.60. The number of hydrogen-bond donors (Lipinski definition) is 1. The van der Waals surface area contributed by atoms with Gasteiger partial charge in [0, 0.05) is 23.7 Å². The predicted octanol–water partition coefficient (Wildman–Crippen LogP) is 2.54. The molecule has 0 aliphatic rings. The quantitative estimate of drug-likeness (QED) is 0.436. The molecule has 2 heterocycles. The van der Waals surface area contributed by atoms with Crippen LogP contribution in [0.25, 0.3) is 4.96 Å². The Morgan fingerprint density at radius 3 is 2.50 bits per heavy atom. The number of aromatic nitrogens is 3. The van der Waals surface area contributed by atoms with Gasteiger partial charge < -0.3 is 10.1 Å². The highest BCUT2D eigenvalue weighted by Gasteiger charge is 2.24. The fourth-order valence-electron chi connectivity index (χ4n) is 3.13. The zero-order valence-corrected chi connectivity index (χ0v) is 18.0. The number of carbonyl (C=O) groups is 2. The maximum atomic E-state index is 12.9. The van der Waals surface area contributed by atoms with E-state index in [1.54, 1.807) is 31.2 Å². The van der Waals surface area contributed by atoms with Crippen LogP contribution in [-0.4, -0.2) is 32.5 Å². The molecule has 32 heavy (non-hydrogen) atoms. The first kappa shape index (κ1) is 21.4. The molecule has 8 nitrogen and oxygen atoms in total. The molecule has 9 heteroatoms. The van der Waals surface area contributed by atoms with E-state index in [2.05, 4.69) is 15.4 Å². The van der Waals surface area contributed by atoms with Crippen LogP contribution in [0.2, 0.25) is 0 Å². The van der Waals surface area contributed by atoms with Gasteiger partial charge in [-0.25, -0.2) is 9.78 Å². The zero-order chi connectivity index (χ0) is 22.5. The number of esters is 1. The molecule has 1 N–H and O–H groups in total.